The van der Waals surface area contributed by atoms with Crippen molar-refractivity contribution in [1.82, 2.24) is 10.2 Å². The fourth-order valence-corrected chi connectivity index (χ4v) is 3.48. The van der Waals surface area contributed by atoms with Crippen LogP contribution in [0.5, 0.6) is 0 Å². The first-order valence-electron chi connectivity index (χ1n) is 7.34. The molecule has 1 N–H and O–H groups in total. The fraction of sp³-hybridized carbons (Fsp3) is 0.533. The van der Waals surface area contributed by atoms with Gasteiger partial charge in [-0.15, -0.1) is 0 Å². The van der Waals surface area contributed by atoms with Gasteiger partial charge in [-0.3, -0.25) is 14.9 Å². The Labute approximate surface area is 123 Å². The zero-order valence-corrected chi connectivity index (χ0v) is 12.0. The lowest BCUT2D eigenvalue weighted by molar-refractivity contribution is -0.385. The molecule has 21 heavy (non-hydrogen) atoms. The van der Waals surface area contributed by atoms with Crippen molar-refractivity contribution in [3.63, 3.8) is 0 Å². The molecule has 0 bridgehead atoms. The lowest BCUT2D eigenvalue weighted by Crippen LogP contribution is -2.47. The normalized spacial score (nSPS) is 24.7. The van der Waals surface area contributed by atoms with E-state index in [0.29, 0.717) is 30.6 Å². The van der Waals surface area contributed by atoms with E-state index in [1.807, 2.05) is 0 Å². The number of likely N-dealkylation sites (tertiary alicyclic amines) is 1. The maximum Gasteiger partial charge on any atom is 0.285 e. The topological polar surface area (TPSA) is 75.5 Å². The summed E-state index contributed by atoms with van der Waals surface area (Å²) in [7, 11) is 0. The number of para-hydroxylation sites is 1. The summed E-state index contributed by atoms with van der Waals surface area (Å²) in [5.41, 5.74) is 0.682. The molecule has 2 heterocycles. The Hall–Kier alpha value is -1.95. The predicted molar refractivity (Wildman–Crippen MR) is 78.3 cm³/mol. The van der Waals surface area contributed by atoms with Gasteiger partial charge in [0, 0.05) is 24.7 Å². The van der Waals surface area contributed by atoms with Gasteiger partial charge in [0.1, 0.15) is 5.56 Å². The number of aryl methyl sites for hydroxylation is 1. The van der Waals surface area contributed by atoms with Crippen molar-refractivity contribution in [2.24, 2.45) is 5.92 Å². The molecule has 0 saturated carbocycles. The van der Waals surface area contributed by atoms with E-state index in [1.165, 1.54) is 0 Å². The predicted octanol–water partition coefficient (Wildman–Crippen LogP) is 1.73. The fourth-order valence-electron chi connectivity index (χ4n) is 3.48. The van der Waals surface area contributed by atoms with Crippen molar-refractivity contribution in [2.75, 3.05) is 19.6 Å². The maximum atomic E-state index is 12.7. The number of nitro benzene ring substituents is 1. The van der Waals surface area contributed by atoms with Crippen LogP contribution in [0.3, 0.4) is 0 Å². The van der Waals surface area contributed by atoms with E-state index < -0.39 is 4.92 Å². The van der Waals surface area contributed by atoms with Crippen LogP contribution in [0.15, 0.2) is 18.2 Å². The van der Waals surface area contributed by atoms with Gasteiger partial charge in [0.15, 0.2) is 0 Å². The Balaban J connectivity index is 1.86. The van der Waals surface area contributed by atoms with Crippen LogP contribution < -0.4 is 5.32 Å². The average molecular weight is 289 g/mol. The van der Waals surface area contributed by atoms with Crippen LogP contribution in [0.4, 0.5) is 5.69 Å². The minimum atomic E-state index is -0.452. The average Bonchev–Trinajstić information content (AvgIpc) is 2.93. The first-order valence-corrected chi connectivity index (χ1v) is 7.34. The smallest absolute Gasteiger partial charge is 0.285 e. The second-order valence-corrected chi connectivity index (χ2v) is 5.88. The Morgan fingerprint density at radius 1 is 1.43 bits per heavy atom. The summed E-state index contributed by atoms with van der Waals surface area (Å²) in [6, 6.07) is 5.44. The van der Waals surface area contributed by atoms with Crippen molar-refractivity contribution >= 4 is 11.6 Å². The third-order valence-electron chi connectivity index (χ3n) is 4.59. The van der Waals surface area contributed by atoms with Gasteiger partial charge in [-0.25, -0.2) is 0 Å². The lowest BCUT2D eigenvalue weighted by atomic mass is 9.92. The highest BCUT2D eigenvalue weighted by atomic mass is 16.6. The molecular formula is C15H19N3O3. The summed E-state index contributed by atoms with van der Waals surface area (Å²) < 4.78 is 0. The number of nitro groups is 1. The number of benzene rings is 1. The number of nitrogens with zero attached hydrogens (tertiary/aromatic N) is 2. The van der Waals surface area contributed by atoms with Crippen molar-refractivity contribution < 1.29 is 9.72 Å². The zero-order valence-electron chi connectivity index (χ0n) is 12.0. The first kappa shape index (κ1) is 14.0. The molecule has 2 aliphatic heterocycles. The van der Waals surface area contributed by atoms with Gasteiger partial charge >= 0.3 is 0 Å². The van der Waals surface area contributed by atoms with Gasteiger partial charge in [0.05, 0.1) is 4.92 Å². The van der Waals surface area contributed by atoms with Crippen molar-refractivity contribution in [3.05, 3.63) is 39.4 Å². The summed E-state index contributed by atoms with van der Waals surface area (Å²) in [5, 5.41) is 14.7. The van der Waals surface area contributed by atoms with Crippen LogP contribution >= 0.6 is 0 Å². The van der Waals surface area contributed by atoms with Gasteiger partial charge < -0.3 is 10.2 Å². The number of fused-ring (bicyclic) bond motifs is 1. The van der Waals surface area contributed by atoms with Gasteiger partial charge in [-0.2, -0.15) is 0 Å². The van der Waals surface area contributed by atoms with Crippen LogP contribution in [-0.2, 0) is 0 Å². The lowest BCUT2D eigenvalue weighted by Gasteiger charge is -2.34. The van der Waals surface area contributed by atoms with E-state index in [-0.39, 0.29) is 17.2 Å². The number of piperidine rings is 1. The van der Waals surface area contributed by atoms with Crippen LogP contribution in [-0.4, -0.2) is 41.4 Å². The van der Waals surface area contributed by atoms with Gasteiger partial charge in [-0.05, 0) is 38.3 Å². The van der Waals surface area contributed by atoms with Gasteiger partial charge in [0.25, 0.3) is 11.6 Å². The van der Waals surface area contributed by atoms with E-state index in [4.69, 9.17) is 0 Å². The SMILES string of the molecule is Cc1cccc(C(=O)N2CCC3NCCC3C2)c1[N+](=O)[O-]. The van der Waals surface area contributed by atoms with Gasteiger partial charge in [-0.1, -0.05) is 12.1 Å². The summed E-state index contributed by atoms with van der Waals surface area (Å²) >= 11 is 0. The minimum absolute atomic E-state index is 0.0610. The molecule has 2 saturated heterocycles. The number of hydrogen-bond acceptors (Lipinski definition) is 4. The van der Waals surface area contributed by atoms with Crippen LogP contribution in [0.25, 0.3) is 0 Å². The summed E-state index contributed by atoms with van der Waals surface area (Å²) in [6.07, 6.45) is 2.00. The molecule has 1 aromatic carbocycles. The van der Waals surface area contributed by atoms with Crippen molar-refractivity contribution in [2.45, 2.75) is 25.8 Å². The summed E-state index contributed by atoms with van der Waals surface area (Å²) in [5.74, 6) is 0.266. The third kappa shape index (κ3) is 2.51. The van der Waals surface area contributed by atoms with E-state index in [9.17, 15) is 14.9 Å². The molecule has 2 unspecified atom stereocenters. The number of rotatable bonds is 2. The molecule has 3 rings (SSSR count). The molecule has 0 spiro atoms. The molecule has 6 nitrogen and oxygen atoms in total. The van der Waals surface area contributed by atoms with E-state index in [0.717, 1.165) is 19.4 Å². The standard InChI is InChI=1S/C15H19N3O3/c1-10-3-2-4-12(14(10)18(20)21)15(19)17-8-6-13-11(9-17)5-7-16-13/h2-4,11,13,16H,5-9H2,1H3. The third-order valence-corrected chi connectivity index (χ3v) is 4.59. The van der Waals surface area contributed by atoms with Crippen molar-refractivity contribution in [3.8, 4) is 0 Å². The van der Waals surface area contributed by atoms with Crippen molar-refractivity contribution in [1.29, 1.82) is 0 Å². The second-order valence-electron chi connectivity index (χ2n) is 5.88. The molecule has 2 aliphatic rings. The maximum absolute atomic E-state index is 12.7. The van der Waals surface area contributed by atoms with Crippen LogP contribution in [0, 0.1) is 23.0 Å². The molecule has 1 amide bonds. The molecule has 0 aliphatic carbocycles. The summed E-state index contributed by atoms with van der Waals surface area (Å²) in [4.78, 5) is 25.2. The highest BCUT2D eigenvalue weighted by Crippen LogP contribution is 2.29. The highest BCUT2D eigenvalue weighted by molar-refractivity contribution is 5.98. The Kier molecular flexibility index (Phi) is 3.63. The van der Waals surface area contributed by atoms with Crippen LogP contribution in [0.2, 0.25) is 0 Å². The summed E-state index contributed by atoms with van der Waals surface area (Å²) in [6.45, 7) is 4.03. The number of nitrogens with one attached hydrogen (secondary N) is 1. The zero-order chi connectivity index (χ0) is 15.0. The Morgan fingerprint density at radius 3 is 3.00 bits per heavy atom. The molecule has 0 radical (unpaired) electrons. The molecule has 2 fully saturated rings. The molecule has 0 aromatic heterocycles. The highest BCUT2D eigenvalue weighted by Gasteiger charge is 2.36. The number of carbonyl (C=O) groups is 1. The molecule has 2 atom stereocenters. The monoisotopic (exact) mass is 289 g/mol. The van der Waals surface area contributed by atoms with E-state index in [2.05, 4.69) is 5.32 Å². The van der Waals surface area contributed by atoms with E-state index in [1.54, 1.807) is 30.0 Å². The molecular weight excluding hydrogens is 270 g/mol. The Bertz CT molecular complexity index is 588. The largest absolute Gasteiger partial charge is 0.338 e. The number of carbonyl (C=O) groups excluding carboxylic acids is 1. The van der Waals surface area contributed by atoms with Crippen LogP contribution in [0.1, 0.15) is 28.8 Å². The second kappa shape index (κ2) is 5.44. The first-order chi connectivity index (χ1) is 10.1. The van der Waals surface area contributed by atoms with E-state index >= 15 is 0 Å². The molecule has 1 aromatic rings. The quantitative estimate of drug-likeness (QED) is 0.664. The number of amides is 1. The Morgan fingerprint density at radius 2 is 2.24 bits per heavy atom. The minimum Gasteiger partial charge on any atom is -0.338 e. The molecule has 112 valence electrons. The van der Waals surface area contributed by atoms with Gasteiger partial charge in [0.2, 0.25) is 0 Å². The number of hydrogen-bond donors (Lipinski definition) is 1. The molecule has 6 heteroatoms.